The van der Waals surface area contributed by atoms with Gasteiger partial charge in [-0.1, -0.05) is 25.1 Å². The van der Waals surface area contributed by atoms with Crippen LogP contribution in [0.25, 0.3) is 0 Å². The molecule has 1 saturated heterocycles. The third-order valence-corrected chi connectivity index (χ3v) is 8.63. The van der Waals surface area contributed by atoms with Gasteiger partial charge in [-0.05, 0) is 60.6 Å². The molecular weight excluding hydrogens is 491 g/mol. The minimum Gasteiger partial charge on any atom is -0.452 e. The van der Waals surface area contributed by atoms with Crippen LogP contribution in [-0.2, 0) is 25.5 Å². The number of hydrogen-bond acceptors (Lipinski definition) is 5. The average molecular weight is 515 g/mol. The molecule has 3 aliphatic rings. The minimum atomic E-state index is -0.732. The Morgan fingerprint density at radius 2 is 1.63 bits per heavy atom. The summed E-state index contributed by atoms with van der Waals surface area (Å²) in [6.07, 6.45) is 1.57. The number of alkyl halides is 2. The van der Waals surface area contributed by atoms with Gasteiger partial charge in [0, 0.05) is 5.69 Å². The SMILES string of the molecule is CCc1ccc(NC(=O)COC(=O)c2cccc(N3C(=O)[C@@H]4[C@H]5C[C@@H]([C@H](Cl)[C@@H]5Cl)[C@@H]4C3=O)c2)cc1. The number of carbonyl (C=O) groups is 4. The van der Waals surface area contributed by atoms with Gasteiger partial charge in [-0.15, -0.1) is 23.2 Å². The van der Waals surface area contributed by atoms with E-state index in [0.29, 0.717) is 17.8 Å². The number of hydrogen-bond donors (Lipinski definition) is 1. The van der Waals surface area contributed by atoms with Gasteiger partial charge < -0.3 is 10.1 Å². The number of nitrogens with zero attached hydrogens (tertiary/aromatic N) is 1. The lowest BCUT2D eigenvalue weighted by Crippen LogP contribution is -2.37. The number of benzene rings is 2. The zero-order valence-electron chi connectivity index (χ0n) is 18.9. The van der Waals surface area contributed by atoms with Gasteiger partial charge in [0.05, 0.1) is 33.8 Å². The van der Waals surface area contributed by atoms with Crippen molar-refractivity contribution in [2.75, 3.05) is 16.8 Å². The molecule has 0 aromatic heterocycles. The fraction of sp³-hybridized carbons (Fsp3) is 0.385. The molecule has 7 nitrogen and oxygen atoms in total. The number of ether oxygens (including phenoxy) is 1. The molecule has 2 aromatic rings. The van der Waals surface area contributed by atoms with Crippen molar-refractivity contribution in [3.8, 4) is 0 Å². The molecule has 0 spiro atoms. The number of amides is 3. The van der Waals surface area contributed by atoms with Crippen LogP contribution in [0.3, 0.4) is 0 Å². The van der Waals surface area contributed by atoms with Gasteiger partial charge >= 0.3 is 5.97 Å². The zero-order valence-corrected chi connectivity index (χ0v) is 20.5. The van der Waals surface area contributed by atoms with Crippen LogP contribution in [0.1, 0.15) is 29.3 Å². The molecule has 3 fully saturated rings. The van der Waals surface area contributed by atoms with E-state index in [0.717, 1.165) is 16.9 Å². The molecule has 2 aromatic carbocycles. The Balaban J connectivity index is 1.24. The van der Waals surface area contributed by atoms with E-state index in [1.807, 2.05) is 19.1 Å². The highest BCUT2D eigenvalue weighted by Crippen LogP contribution is 2.59. The summed E-state index contributed by atoms with van der Waals surface area (Å²) in [5.41, 5.74) is 2.18. The van der Waals surface area contributed by atoms with E-state index in [-0.39, 0.29) is 40.0 Å². The van der Waals surface area contributed by atoms with Crippen molar-refractivity contribution in [2.45, 2.75) is 30.5 Å². The summed E-state index contributed by atoms with van der Waals surface area (Å²) in [4.78, 5) is 52.3. The van der Waals surface area contributed by atoms with E-state index in [4.69, 9.17) is 27.9 Å². The summed E-state index contributed by atoms with van der Waals surface area (Å²) in [5, 5.41) is 2.00. The number of fused-ring (bicyclic) bond motifs is 5. The first kappa shape index (κ1) is 23.8. The van der Waals surface area contributed by atoms with Crippen LogP contribution < -0.4 is 10.2 Å². The lowest BCUT2D eigenvalue weighted by molar-refractivity contribution is -0.123. The van der Waals surface area contributed by atoms with Crippen molar-refractivity contribution < 1.29 is 23.9 Å². The Kier molecular flexibility index (Phi) is 6.32. The summed E-state index contributed by atoms with van der Waals surface area (Å²) in [6.45, 7) is 1.57. The molecule has 182 valence electrons. The molecule has 1 aliphatic heterocycles. The van der Waals surface area contributed by atoms with Crippen LogP contribution in [-0.4, -0.2) is 41.1 Å². The van der Waals surface area contributed by atoms with Crippen molar-refractivity contribution >= 4 is 58.3 Å². The third-order valence-electron chi connectivity index (χ3n) is 7.31. The number of imide groups is 1. The molecule has 5 rings (SSSR count). The summed E-state index contributed by atoms with van der Waals surface area (Å²) in [5.74, 6) is -3.02. The summed E-state index contributed by atoms with van der Waals surface area (Å²) in [6, 6.07) is 13.5. The number of carbonyl (C=O) groups excluding carboxylic acids is 4. The molecule has 0 radical (unpaired) electrons. The number of anilines is 2. The maximum Gasteiger partial charge on any atom is 0.338 e. The molecule has 9 heteroatoms. The Bertz CT molecular complexity index is 1170. The maximum atomic E-state index is 13.2. The topological polar surface area (TPSA) is 92.8 Å². The first-order valence-electron chi connectivity index (χ1n) is 11.6. The van der Waals surface area contributed by atoms with Crippen LogP contribution >= 0.6 is 23.2 Å². The number of halogens is 2. The summed E-state index contributed by atoms with van der Waals surface area (Å²) >= 11 is 12.8. The Morgan fingerprint density at radius 3 is 2.23 bits per heavy atom. The first-order chi connectivity index (χ1) is 16.8. The van der Waals surface area contributed by atoms with Crippen LogP contribution in [0.2, 0.25) is 0 Å². The zero-order chi connectivity index (χ0) is 24.9. The van der Waals surface area contributed by atoms with Crippen LogP contribution in [0.4, 0.5) is 11.4 Å². The van der Waals surface area contributed by atoms with E-state index in [2.05, 4.69) is 5.32 Å². The van der Waals surface area contributed by atoms with Crippen molar-refractivity contribution in [3.63, 3.8) is 0 Å². The number of rotatable bonds is 6. The molecule has 2 saturated carbocycles. The van der Waals surface area contributed by atoms with Crippen molar-refractivity contribution in [3.05, 3.63) is 59.7 Å². The smallest absolute Gasteiger partial charge is 0.338 e. The lowest BCUT2D eigenvalue weighted by atomic mass is 9.80. The fourth-order valence-electron chi connectivity index (χ4n) is 5.61. The van der Waals surface area contributed by atoms with Gasteiger partial charge in [-0.25, -0.2) is 4.79 Å². The van der Waals surface area contributed by atoms with Crippen LogP contribution in [0.5, 0.6) is 0 Å². The molecule has 2 aliphatic carbocycles. The fourth-order valence-corrected chi connectivity index (χ4v) is 6.50. The number of nitrogens with one attached hydrogen (secondary N) is 1. The quantitative estimate of drug-likeness (QED) is 0.357. The van der Waals surface area contributed by atoms with E-state index in [1.54, 1.807) is 24.3 Å². The number of aryl methyl sites for hydroxylation is 1. The van der Waals surface area contributed by atoms with Gasteiger partial charge in [0.2, 0.25) is 11.8 Å². The number of esters is 1. The highest BCUT2D eigenvalue weighted by atomic mass is 35.5. The highest BCUT2D eigenvalue weighted by molar-refractivity contribution is 6.32. The van der Waals surface area contributed by atoms with E-state index in [9.17, 15) is 19.2 Å². The van der Waals surface area contributed by atoms with Crippen LogP contribution in [0, 0.1) is 23.7 Å². The Labute approximate surface area is 212 Å². The molecule has 1 heterocycles. The van der Waals surface area contributed by atoms with Gasteiger partial charge in [0.15, 0.2) is 6.61 Å². The van der Waals surface area contributed by atoms with Crippen molar-refractivity contribution in [1.29, 1.82) is 0 Å². The molecule has 2 bridgehead atoms. The second-order valence-corrected chi connectivity index (χ2v) is 10.2. The van der Waals surface area contributed by atoms with Gasteiger partial charge in [-0.3, -0.25) is 19.3 Å². The average Bonchev–Trinajstić information content (AvgIpc) is 3.47. The van der Waals surface area contributed by atoms with E-state index >= 15 is 0 Å². The van der Waals surface area contributed by atoms with Crippen molar-refractivity contribution in [2.24, 2.45) is 23.7 Å². The monoisotopic (exact) mass is 514 g/mol. The maximum absolute atomic E-state index is 13.2. The van der Waals surface area contributed by atoms with Gasteiger partial charge in [0.1, 0.15) is 0 Å². The Hall–Kier alpha value is -2.90. The van der Waals surface area contributed by atoms with Crippen LogP contribution in [0.15, 0.2) is 48.5 Å². The largest absolute Gasteiger partial charge is 0.452 e. The second-order valence-electron chi connectivity index (χ2n) is 9.24. The third kappa shape index (κ3) is 4.10. The highest BCUT2D eigenvalue weighted by Gasteiger charge is 2.66. The minimum absolute atomic E-state index is 0.125. The Morgan fingerprint density at radius 1 is 1.00 bits per heavy atom. The molecule has 35 heavy (non-hydrogen) atoms. The van der Waals surface area contributed by atoms with E-state index < -0.39 is 30.3 Å². The van der Waals surface area contributed by atoms with E-state index in [1.165, 1.54) is 12.1 Å². The molecule has 1 N–H and O–H groups in total. The molecule has 0 unspecified atom stereocenters. The molecule has 3 amide bonds. The molecular formula is C26H24Cl2N2O5. The normalized spacial score (nSPS) is 28.8. The standard InChI is InChI=1S/C26H24Cl2N2O5/c1-2-13-6-8-15(9-7-13)29-19(31)12-35-26(34)14-4-3-5-16(10-14)30-24(32)20-17-11-18(21(20)25(30)33)23(28)22(17)27/h3-10,17-18,20-23H,2,11-12H2,1H3,(H,29,31)/t17-,18-,20-,21+,22-,23+/m1/s1. The first-order valence-corrected chi connectivity index (χ1v) is 12.5. The van der Waals surface area contributed by atoms with Gasteiger partial charge in [0.25, 0.3) is 5.91 Å². The lowest BCUT2D eigenvalue weighted by Gasteiger charge is -2.28. The predicted molar refractivity (Wildman–Crippen MR) is 132 cm³/mol. The molecule has 6 atom stereocenters. The second kappa shape index (κ2) is 9.28. The summed E-state index contributed by atoms with van der Waals surface area (Å²) < 4.78 is 5.15. The van der Waals surface area contributed by atoms with Crippen molar-refractivity contribution in [1.82, 2.24) is 0 Å². The predicted octanol–water partition coefficient (Wildman–Crippen LogP) is 4.01. The summed E-state index contributed by atoms with van der Waals surface area (Å²) in [7, 11) is 0. The van der Waals surface area contributed by atoms with Gasteiger partial charge in [-0.2, -0.15) is 0 Å².